The average molecular weight is 259 g/mol. The molecule has 0 bridgehead atoms. The van der Waals surface area contributed by atoms with Gasteiger partial charge in [0.05, 0.1) is 18.7 Å². The minimum atomic E-state index is -0.439. The number of benzene rings is 1. The third-order valence-electron chi connectivity index (χ3n) is 3.74. The Hall–Kier alpha value is -1.41. The van der Waals surface area contributed by atoms with Crippen molar-refractivity contribution in [3.63, 3.8) is 0 Å². The van der Waals surface area contributed by atoms with Crippen LogP contribution >= 0.6 is 0 Å². The third-order valence-corrected chi connectivity index (χ3v) is 3.74. The van der Waals surface area contributed by atoms with E-state index >= 15 is 0 Å². The van der Waals surface area contributed by atoms with Crippen molar-refractivity contribution in [2.45, 2.75) is 19.1 Å². The zero-order chi connectivity index (χ0) is 13.7. The fourth-order valence-electron chi connectivity index (χ4n) is 2.59. The lowest BCUT2D eigenvalue weighted by Crippen LogP contribution is -2.52. The summed E-state index contributed by atoms with van der Waals surface area (Å²) in [5.41, 5.74) is 0.967. The molecule has 1 aliphatic rings. The number of nitriles is 1. The van der Waals surface area contributed by atoms with Gasteiger partial charge in [-0.05, 0) is 12.5 Å². The minimum absolute atomic E-state index is 0.375. The normalized spacial score (nSPS) is 22.9. The molecule has 1 fully saturated rings. The van der Waals surface area contributed by atoms with Crippen LogP contribution in [0, 0.1) is 11.3 Å². The second-order valence-electron chi connectivity index (χ2n) is 5.16. The lowest BCUT2D eigenvalue weighted by Gasteiger charge is -2.39. The van der Waals surface area contributed by atoms with Crippen LogP contribution in [0.3, 0.4) is 0 Å². The van der Waals surface area contributed by atoms with Crippen molar-refractivity contribution in [2.24, 2.45) is 0 Å². The van der Waals surface area contributed by atoms with E-state index in [9.17, 15) is 5.11 Å². The molecule has 1 aromatic carbocycles. The summed E-state index contributed by atoms with van der Waals surface area (Å²) in [5, 5.41) is 19.0. The summed E-state index contributed by atoms with van der Waals surface area (Å²) in [5.74, 6) is 0. The molecule has 1 aliphatic heterocycles. The van der Waals surface area contributed by atoms with Crippen LogP contribution in [0.4, 0.5) is 0 Å². The van der Waals surface area contributed by atoms with Gasteiger partial charge in [-0.3, -0.25) is 9.80 Å². The average Bonchev–Trinajstić information content (AvgIpc) is 2.43. The topological polar surface area (TPSA) is 50.5 Å². The van der Waals surface area contributed by atoms with Gasteiger partial charge >= 0.3 is 0 Å². The Kier molecular flexibility index (Phi) is 4.92. The molecule has 0 aromatic heterocycles. The van der Waals surface area contributed by atoms with Gasteiger partial charge in [0.15, 0.2) is 0 Å². The molecule has 0 saturated carbocycles. The second-order valence-corrected chi connectivity index (χ2v) is 5.16. The van der Waals surface area contributed by atoms with Crippen molar-refractivity contribution < 1.29 is 5.11 Å². The van der Waals surface area contributed by atoms with Crippen LogP contribution in [0.2, 0.25) is 0 Å². The van der Waals surface area contributed by atoms with E-state index in [0.717, 1.165) is 25.2 Å². The molecule has 2 rings (SSSR count). The molecule has 2 unspecified atom stereocenters. The zero-order valence-electron chi connectivity index (χ0n) is 11.4. The number of hydrogen-bond acceptors (Lipinski definition) is 4. The highest BCUT2D eigenvalue weighted by Gasteiger charge is 2.25. The van der Waals surface area contributed by atoms with Gasteiger partial charge in [-0.1, -0.05) is 30.3 Å². The van der Waals surface area contributed by atoms with E-state index in [4.69, 9.17) is 5.26 Å². The molecule has 2 atom stereocenters. The maximum Gasteiger partial charge on any atom is 0.0917 e. The molecule has 0 amide bonds. The Morgan fingerprint density at radius 1 is 1.37 bits per heavy atom. The number of rotatable bonds is 4. The van der Waals surface area contributed by atoms with E-state index < -0.39 is 6.10 Å². The Bertz CT molecular complexity index is 429. The first-order chi connectivity index (χ1) is 9.20. The van der Waals surface area contributed by atoms with Gasteiger partial charge in [0.25, 0.3) is 0 Å². The number of aliphatic hydroxyl groups is 1. The van der Waals surface area contributed by atoms with Gasteiger partial charge in [-0.25, -0.2) is 0 Å². The standard InChI is InChI=1S/C15H21N3O/c1-13-11-17(8-7-16)9-10-18(13)12-15(19)14-5-3-2-4-6-14/h2-6,13,15,19H,8-12H2,1H3. The number of aliphatic hydroxyl groups excluding tert-OH is 1. The Morgan fingerprint density at radius 2 is 2.11 bits per heavy atom. The van der Waals surface area contributed by atoms with Gasteiger partial charge in [-0.15, -0.1) is 0 Å². The van der Waals surface area contributed by atoms with Crippen molar-refractivity contribution >= 4 is 0 Å². The van der Waals surface area contributed by atoms with E-state index in [0.29, 0.717) is 19.1 Å². The Morgan fingerprint density at radius 3 is 2.74 bits per heavy atom. The predicted octanol–water partition coefficient (Wildman–Crippen LogP) is 1.25. The summed E-state index contributed by atoms with van der Waals surface area (Å²) in [6.45, 7) is 6.02. The maximum atomic E-state index is 10.3. The summed E-state index contributed by atoms with van der Waals surface area (Å²) in [4.78, 5) is 4.46. The van der Waals surface area contributed by atoms with Gasteiger partial charge in [0, 0.05) is 32.2 Å². The first kappa shape index (κ1) is 14.0. The number of hydrogen-bond donors (Lipinski definition) is 1. The molecular weight excluding hydrogens is 238 g/mol. The molecular formula is C15H21N3O. The van der Waals surface area contributed by atoms with Crippen LogP contribution in [-0.4, -0.2) is 53.7 Å². The zero-order valence-corrected chi connectivity index (χ0v) is 11.4. The van der Waals surface area contributed by atoms with Crippen LogP contribution < -0.4 is 0 Å². The SMILES string of the molecule is CC1CN(CC#N)CCN1CC(O)c1ccccc1. The summed E-state index contributed by atoms with van der Waals surface area (Å²) in [6, 6.07) is 12.4. The van der Waals surface area contributed by atoms with E-state index in [1.807, 2.05) is 30.3 Å². The van der Waals surface area contributed by atoms with Crippen molar-refractivity contribution in [1.82, 2.24) is 9.80 Å². The van der Waals surface area contributed by atoms with Crippen molar-refractivity contribution in [3.8, 4) is 6.07 Å². The molecule has 1 N–H and O–H groups in total. The quantitative estimate of drug-likeness (QED) is 0.827. The minimum Gasteiger partial charge on any atom is -0.387 e. The maximum absolute atomic E-state index is 10.3. The molecule has 0 spiro atoms. The van der Waals surface area contributed by atoms with Crippen molar-refractivity contribution in [3.05, 3.63) is 35.9 Å². The van der Waals surface area contributed by atoms with Gasteiger partial charge in [0.1, 0.15) is 0 Å². The fraction of sp³-hybridized carbons (Fsp3) is 0.533. The number of β-amino-alcohol motifs (C(OH)–C–C–N with tert-alkyl or cyclic N) is 1. The molecule has 1 saturated heterocycles. The van der Waals surface area contributed by atoms with Crippen LogP contribution in [0.15, 0.2) is 30.3 Å². The summed E-state index contributed by atoms with van der Waals surface area (Å²) >= 11 is 0. The summed E-state index contributed by atoms with van der Waals surface area (Å²) in [6.07, 6.45) is -0.439. The first-order valence-corrected chi connectivity index (χ1v) is 6.77. The number of piperazine rings is 1. The molecule has 4 nitrogen and oxygen atoms in total. The molecule has 102 valence electrons. The largest absolute Gasteiger partial charge is 0.387 e. The second kappa shape index (κ2) is 6.67. The first-order valence-electron chi connectivity index (χ1n) is 6.77. The van der Waals surface area contributed by atoms with Crippen LogP contribution in [0.1, 0.15) is 18.6 Å². The van der Waals surface area contributed by atoms with Gasteiger partial charge < -0.3 is 5.11 Å². The van der Waals surface area contributed by atoms with E-state index in [2.05, 4.69) is 22.8 Å². The molecule has 0 aliphatic carbocycles. The van der Waals surface area contributed by atoms with Crippen molar-refractivity contribution in [2.75, 3.05) is 32.7 Å². The molecule has 1 aromatic rings. The van der Waals surface area contributed by atoms with E-state index in [1.165, 1.54) is 0 Å². The highest BCUT2D eigenvalue weighted by molar-refractivity contribution is 5.17. The van der Waals surface area contributed by atoms with Gasteiger partial charge in [-0.2, -0.15) is 5.26 Å². The molecule has 1 heterocycles. The fourth-order valence-corrected chi connectivity index (χ4v) is 2.59. The van der Waals surface area contributed by atoms with E-state index in [1.54, 1.807) is 0 Å². The van der Waals surface area contributed by atoms with Crippen LogP contribution in [0.25, 0.3) is 0 Å². The lowest BCUT2D eigenvalue weighted by molar-refractivity contribution is 0.0433. The highest BCUT2D eigenvalue weighted by Crippen LogP contribution is 2.17. The Labute approximate surface area is 114 Å². The van der Waals surface area contributed by atoms with E-state index in [-0.39, 0.29) is 0 Å². The van der Waals surface area contributed by atoms with Gasteiger partial charge in [0.2, 0.25) is 0 Å². The molecule has 4 heteroatoms. The summed E-state index contributed by atoms with van der Waals surface area (Å²) in [7, 11) is 0. The smallest absolute Gasteiger partial charge is 0.0917 e. The van der Waals surface area contributed by atoms with Crippen molar-refractivity contribution in [1.29, 1.82) is 5.26 Å². The summed E-state index contributed by atoms with van der Waals surface area (Å²) < 4.78 is 0. The van der Waals surface area contributed by atoms with Crippen LogP contribution in [0.5, 0.6) is 0 Å². The molecule has 0 radical (unpaired) electrons. The number of nitrogens with zero attached hydrogens (tertiary/aromatic N) is 3. The monoisotopic (exact) mass is 259 g/mol. The Balaban J connectivity index is 1.89. The highest BCUT2D eigenvalue weighted by atomic mass is 16.3. The predicted molar refractivity (Wildman–Crippen MR) is 74.5 cm³/mol. The molecule has 19 heavy (non-hydrogen) atoms. The lowest BCUT2D eigenvalue weighted by atomic mass is 10.1. The van der Waals surface area contributed by atoms with Crippen LogP contribution in [-0.2, 0) is 0 Å². The third kappa shape index (κ3) is 3.77.